The molecule has 2 aromatic carbocycles. The molecule has 26 heavy (non-hydrogen) atoms. The molecule has 1 saturated heterocycles. The summed E-state index contributed by atoms with van der Waals surface area (Å²) in [5.74, 6) is -0.869. The fourth-order valence-electron chi connectivity index (χ4n) is 2.69. The van der Waals surface area contributed by atoms with E-state index in [2.05, 4.69) is 0 Å². The molecule has 3 rings (SSSR count). The molecule has 0 radical (unpaired) electrons. The average Bonchev–Trinajstić information content (AvgIpc) is 2.72. The molecule has 6 nitrogen and oxygen atoms in total. The van der Waals surface area contributed by atoms with Gasteiger partial charge in [0.1, 0.15) is 0 Å². The number of carbonyl (C=O) groups is 2. The summed E-state index contributed by atoms with van der Waals surface area (Å²) in [6, 6.07) is 17.1. The van der Waals surface area contributed by atoms with E-state index in [-0.39, 0.29) is 5.91 Å². The van der Waals surface area contributed by atoms with Crippen molar-refractivity contribution >= 4 is 11.9 Å². The van der Waals surface area contributed by atoms with Gasteiger partial charge in [-0.15, -0.1) is 0 Å². The minimum absolute atomic E-state index is 0.263. The highest BCUT2D eigenvalue weighted by atomic mass is 16.5. The highest BCUT2D eigenvalue weighted by molar-refractivity contribution is 5.92. The quantitative estimate of drug-likeness (QED) is 0.791. The third-order valence-electron chi connectivity index (χ3n) is 4.12. The molecular weight excluding hydrogens is 332 g/mol. The van der Waals surface area contributed by atoms with E-state index in [9.17, 15) is 9.59 Å². The Labute approximate surface area is 151 Å². The molecule has 1 amide bonds. The first-order valence-corrected chi connectivity index (χ1v) is 8.31. The Morgan fingerprint density at radius 2 is 1.69 bits per heavy atom. The van der Waals surface area contributed by atoms with Crippen molar-refractivity contribution in [3.05, 3.63) is 71.3 Å². The molecule has 2 aromatic rings. The standard InChI is InChI=1S/C20H18N2O4/c21-14-15-6-8-17(9-7-15)20(24)26-18(16-4-2-1-3-5-16)19(23)22-10-12-25-13-11-22/h1-9,18H,10-13H2/t18-/m1/s1. The van der Waals surface area contributed by atoms with Crippen molar-refractivity contribution in [1.29, 1.82) is 5.26 Å². The second-order valence-electron chi connectivity index (χ2n) is 5.82. The molecule has 1 heterocycles. The first-order valence-electron chi connectivity index (χ1n) is 8.31. The number of morpholine rings is 1. The van der Waals surface area contributed by atoms with Gasteiger partial charge in [0, 0.05) is 18.7 Å². The van der Waals surface area contributed by atoms with E-state index >= 15 is 0 Å². The maximum Gasteiger partial charge on any atom is 0.339 e. The highest BCUT2D eigenvalue weighted by Gasteiger charge is 2.30. The van der Waals surface area contributed by atoms with E-state index in [4.69, 9.17) is 14.7 Å². The number of nitrogens with zero attached hydrogens (tertiary/aromatic N) is 2. The van der Waals surface area contributed by atoms with E-state index < -0.39 is 12.1 Å². The first kappa shape index (κ1) is 17.6. The smallest absolute Gasteiger partial charge is 0.339 e. The summed E-state index contributed by atoms with van der Waals surface area (Å²) >= 11 is 0. The maximum atomic E-state index is 12.9. The normalized spacial score (nSPS) is 15.0. The van der Waals surface area contributed by atoms with Crippen LogP contribution in [0.15, 0.2) is 54.6 Å². The zero-order valence-corrected chi connectivity index (χ0v) is 14.1. The molecule has 132 valence electrons. The van der Waals surface area contributed by atoms with Crippen molar-refractivity contribution in [3.63, 3.8) is 0 Å². The van der Waals surface area contributed by atoms with Gasteiger partial charge in [-0.2, -0.15) is 5.26 Å². The van der Waals surface area contributed by atoms with Crippen molar-refractivity contribution in [2.24, 2.45) is 0 Å². The SMILES string of the molecule is N#Cc1ccc(C(=O)O[C@@H](C(=O)N2CCOCC2)c2ccccc2)cc1. The number of nitriles is 1. The lowest BCUT2D eigenvalue weighted by Crippen LogP contribution is -2.44. The Hall–Kier alpha value is -3.17. The fourth-order valence-corrected chi connectivity index (χ4v) is 2.69. The van der Waals surface area contributed by atoms with Crippen molar-refractivity contribution < 1.29 is 19.1 Å². The summed E-state index contributed by atoms with van der Waals surface area (Å²) in [7, 11) is 0. The molecule has 1 aliphatic heterocycles. The summed E-state index contributed by atoms with van der Waals surface area (Å²) in [6.07, 6.45) is -1.02. The van der Waals surface area contributed by atoms with Crippen molar-refractivity contribution in [2.75, 3.05) is 26.3 Å². The monoisotopic (exact) mass is 350 g/mol. The van der Waals surface area contributed by atoms with Crippen LogP contribution in [0.2, 0.25) is 0 Å². The topological polar surface area (TPSA) is 79.6 Å². The Morgan fingerprint density at radius 3 is 2.31 bits per heavy atom. The molecule has 0 spiro atoms. The summed E-state index contributed by atoms with van der Waals surface area (Å²) < 4.78 is 10.8. The molecule has 0 saturated carbocycles. The average molecular weight is 350 g/mol. The van der Waals surface area contributed by atoms with Gasteiger partial charge >= 0.3 is 5.97 Å². The van der Waals surface area contributed by atoms with Crippen LogP contribution in [-0.2, 0) is 14.3 Å². The number of benzene rings is 2. The molecule has 0 bridgehead atoms. The van der Waals surface area contributed by atoms with Crippen LogP contribution in [0.25, 0.3) is 0 Å². The van der Waals surface area contributed by atoms with Crippen LogP contribution in [0, 0.1) is 11.3 Å². The van der Waals surface area contributed by atoms with Crippen molar-refractivity contribution in [1.82, 2.24) is 4.90 Å². The number of rotatable bonds is 4. The summed E-state index contributed by atoms with van der Waals surface area (Å²) in [6.45, 7) is 1.88. The third-order valence-corrected chi connectivity index (χ3v) is 4.12. The Balaban J connectivity index is 1.82. The number of hydrogen-bond acceptors (Lipinski definition) is 5. The van der Waals surface area contributed by atoms with E-state index in [1.54, 1.807) is 29.2 Å². The summed E-state index contributed by atoms with van der Waals surface area (Å²) in [5, 5.41) is 8.85. The molecule has 1 atom stereocenters. The molecule has 0 unspecified atom stereocenters. The van der Waals surface area contributed by atoms with Gasteiger partial charge in [-0.3, -0.25) is 4.79 Å². The predicted molar refractivity (Wildman–Crippen MR) is 93.2 cm³/mol. The van der Waals surface area contributed by atoms with Crippen LogP contribution in [0.1, 0.15) is 27.6 Å². The number of esters is 1. The Bertz CT molecular complexity index is 806. The van der Waals surface area contributed by atoms with E-state index in [0.717, 1.165) is 0 Å². The van der Waals surface area contributed by atoms with Crippen LogP contribution >= 0.6 is 0 Å². The molecule has 0 aromatic heterocycles. The molecule has 6 heteroatoms. The second kappa shape index (κ2) is 8.28. The van der Waals surface area contributed by atoms with Gasteiger partial charge in [0.15, 0.2) is 0 Å². The lowest BCUT2D eigenvalue weighted by Gasteiger charge is -2.30. The van der Waals surface area contributed by atoms with Crippen molar-refractivity contribution in [2.45, 2.75) is 6.10 Å². The van der Waals surface area contributed by atoms with Crippen LogP contribution in [0.5, 0.6) is 0 Å². The van der Waals surface area contributed by atoms with Crippen LogP contribution in [0.3, 0.4) is 0 Å². The molecule has 1 aliphatic rings. The minimum atomic E-state index is -1.02. The number of amides is 1. The van der Waals surface area contributed by atoms with E-state index in [0.29, 0.717) is 43.0 Å². The van der Waals surface area contributed by atoms with Crippen LogP contribution in [0.4, 0.5) is 0 Å². The van der Waals surface area contributed by atoms with Gasteiger partial charge in [-0.25, -0.2) is 4.79 Å². The predicted octanol–water partition coefficient (Wildman–Crippen LogP) is 2.32. The lowest BCUT2D eigenvalue weighted by atomic mass is 10.1. The van der Waals surface area contributed by atoms with Gasteiger partial charge in [-0.1, -0.05) is 30.3 Å². The number of hydrogen-bond donors (Lipinski definition) is 0. The lowest BCUT2D eigenvalue weighted by molar-refractivity contribution is -0.145. The molecular formula is C20H18N2O4. The Morgan fingerprint density at radius 1 is 1.04 bits per heavy atom. The van der Waals surface area contributed by atoms with Gasteiger partial charge < -0.3 is 14.4 Å². The largest absolute Gasteiger partial charge is 0.444 e. The van der Waals surface area contributed by atoms with Gasteiger partial charge in [-0.05, 0) is 24.3 Å². The maximum absolute atomic E-state index is 12.9. The summed E-state index contributed by atoms with van der Waals surface area (Å²) in [4.78, 5) is 27.1. The van der Waals surface area contributed by atoms with Gasteiger partial charge in [0.25, 0.3) is 5.91 Å². The van der Waals surface area contributed by atoms with Gasteiger partial charge in [0.2, 0.25) is 6.10 Å². The fraction of sp³-hybridized carbons (Fsp3) is 0.250. The molecule has 1 fully saturated rings. The van der Waals surface area contributed by atoms with Crippen LogP contribution in [-0.4, -0.2) is 43.1 Å². The number of ether oxygens (including phenoxy) is 2. The third kappa shape index (κ3) is 4.08. The zero-order chi connectivity index (χ0) is 18.4. The summed E-state index contributed by atoms with van der Waals surface area (Å²) in [5.41, 5.74) is 1.36. The van der Waals surface area contributed by atoms with Crippen molar-refractivity contribution in [3.8, 4) is 6.07 Å². The van der Waals surface area contributed by atoms with Crippen LogP contribution < -0.4 is 0 Å². The minimum Gasteiger partial charge on any atom is -0.444 e. The highest BCUT2D eigenvalue weighted by Crippen LogP contribution is 2.22. The zero-order valence-electron chi connectivity index (χ0n) is 14.1. The second-order valence-corrected chi connectivity index (χ2v) is 5.82. The molecule has 0 aliphatic carbocycles. The Kier molecular flexibility index (Phi) is 5.62. The first-order chi connectivity index (χ1) is 12.7. The number of carbonyl (C=O) groups excluding carboxylic acids is 2. The van der Waals surface area contributed by atoms with E-state index in [1.165, 1.54) is 24.3 Å². The van der Waals surface area contributed by atoms with Gasteiger partial charge in [0.05, 0.1) is 30.4 Å². The van der Waals surface area contributed by atoms with E-state index in [1.807, 2.05) is 12.1 Å². The molecule has 0 N–H and O–H groups in total.